The number of hydrogen-bond donors (Lipinski definition) is 1. The van der Waals surface area contributed by atoms with Gasteiger partial charge in [-0.25, -0.2) is 8.78 Å². The summed E-state index contributed by atoms with van der Waals surface area (Å²) < 4.78 is 60.7. The maximum absolute atomic E-state index is 12.7. The van der Waals surface area contributed by atoms with E-state index in [1.165, 1.54) is 0 Å². The Kier molecular flexibility index (Phi) is 4.03. The van der Waals surface area contributed by atoms with Gasteiger partial charge >= 0.3 is 6.18 Å². The number of alkyl halides is 3. The summed E-state index contributed by atoms with van der Waals surface area (Å²) in [6, 6.07) is 2.48. The van der Waals surface area contributed by atoms with E-state index in [0.717, 1.165) is 12.1 Å². The maximum atomic E-state index is 12.7. The summed E-state index contributed by atoms with van der Waals surface area (Å²) in [7, 11) is 0. The average Bonchev–Trinajstić information content (AvgIpc) is 2.10. The van der Waals surface area contributed by atoms with E-state index in [2.05, 4.69) is 0 Å². The highest BCUT2D eigenvalue weighted by Crippen LogP contribution is 2.19. The van der Waals surface area contributed by atoms with Crippen molar-refractivity contribution in [3.63, 3.8) is 0 Å². The minimum absolute atomic E-state index is 0.0537. The molecular formula is C10H8F5NO. The van der Waals surface area contributed by atoms with E-state index in [0.29, 0.717) is 6.07 Å². The van der Waals surface area contributed by atoms with Gasteiger partial charge in [0.1, 0.15) is 18.1 Å². The molecule has 94 valence electrons. The molecule has 17 heavy (non-hydrogen) atoms. The van der Waals surface area contributed by atoms with E-state index in [1.54, 1.807) is 0 Å². The summed E-state index contributed by atoms with van der Waals surface area (Å²) in [5.74, 6) is -2.96. The van der Waals surface area contributed by atoms with E-state index in [9.17, 15) is 26.7 Å². The number of nitrogens with one attached hydrogen (secondary N) is 1. The van der Waals surface area contributed by atoms with Crippen LogP contribution in [-0.2, 0) is 11.3 Å². The second-order valence-corrected chi connectivity index (χ2v) is 3.35. The smallest absolute Gasteiger partial charge is 0.352 e. The van der Waals surface area contributed by atoms with Gasteiger partial charge in [0.25, 0.3) is 0 Å². The number of carbonyl (C=O) groups excluding carboxylic acids is 1. The predicted molar refractivity (Wildman–Crippen MR) is 48.9 cm³/mol. The first-order valence-corrected chi connectivity index (χ1v) is 4.55. The van der Waals surface area contributed by atoms with Crippen LogP contribution in [0.3, 0.4) is 0 Å². The molecule has 1 amide bonds. The molecule has 2 nitrogen and oxygen atoms in total. The summed E-state index contributed by atoms with van der Waals surface area (Å²) >= 11 is 0. The minimum atomic E-state index is -4.60. The first-order chi connectivity index (χ1) is 7.76. The fourth-order valence-electron chi connectivity index (χ4n) is 1.16. The molecule has 0 aliphatic heterocycles. The Labute approximate surface area is 93.4 Å². The van der Waals surface area contributed by atoms with Crippen molar-refractivity contribution in [3.05, 3.63) is 35.4 Å². The van der Waals surface area contributed by atoms with Crippen LogP contribution in [-0.4, -0.2) is 12.1 Å². The van der Waals surface area contributed by atoms with Crippen LogP contribution in [0, 0.1) is 11.6 Å². The second kappa shape index (κ2) is 5.11. The Bertz CT molecular complexity index is 395. The molecule has 0 heterocycles. The molecule has 0 saturated carbocycles. The van der Waals surface area contributed by atoms with Crippen molar-refractivity contribution in [2.24, 2.45) is 0 Å². The molecule has 0 radical (unpaired) electrons. The monoisotopic (exact) mass is 253 g/mol. The van der Waals surface area contributed by atoms with Crippen molar-refractivity contribution >= 4 is 5.91 Å². The zero-order chi connectivity index (χ0) is 13.1. The van der Waals surface area contributed by atoms with Crippen LogP contribution in [0.1, 0.15) is 12.0 Å². The molecule has 1 rings (SSSR count). The van der Waals surface area contributed by atoms with Crippen LogP contribution in [0.25, 0.3) is 0 Å². The molecule has 1 aromatic rings. The molecule has 0 saturated heterocycles. The highest BCUT2D eigenvalue weighted by Gasteiger charge is 2.30. The first kappa shape index (κ1) is 13.4. The first-order valence-electron chi connectivity index (χ1n) is 4.55. The van der Waals surface area contributed by atoms with Gasteiger partial charge < -0.3 is 5.32 Å². The Morgan fingerprint density at radius 3 is 2.12 bits per heavy atom. The van der Waals surface area contributed by atoms with Crippen molar-refractivity contribution in [1.29, 1.82) is 0 Å². The molecule has 0 unspecified atom stereocenters. The minimum Gasteiger partial charge on any atom is -0.352 e. The van der Waals surface area contributed by atoms with Crippen LogP contribution >= 0.6 is 0 Å². The third-order valence-corrected chi connectivity index (χ3v) is 1.77. The number of carbonyl (C=O) groups is 1. The van der Waals surface area contributed by atoms with Gasteiger partial charge in [-0.2, -0.15) is 13.2 Å². The van der Waals surface area contributed by atoms with Crippen LogP contribution in [0.5, 0.6) is 0 Å². The molecule has 0 bridgehead atoms. The van der Waals surface area contributed by atoms with Crippen LogP contribution in [0.2, 0.25) is 0 Å². The molecule has 7 heteroatoms. The van der Waals surface area contributed by atoms with E-state index in [4.69, 9.17) is 0 Å². The molecule has 0 atom stereocenters. The molecular weight excluding hydrogens is 245 g/mol. The highest BCUT2D eigenvalue weighted by atomic mass is 19.4. The lowest BCUT2D eigenvalue weighted by Crippen LogP contribution is -2.28. The van der Waals surface area contributed by atoms with Gasteiger partial charge in [-0.3, -0.25) is 4.79 Å². The Morgan fingerprint density at radius 2 is 1.65 bits per heavy atom. The van der Waals surface area contributed by atoms with Crippen molar-refractivity contribution < 1.29 is 26.7 Å². The lowest BCUT2D eigenvalue weighted by Gasteiger charge is -2.08. The van der Waals surface area contributed by atoms with E-state index in [-0.39, 0.29) is 12.1 Å². The van der Waals surface area contributed by atoms with Crippen LogP contribution in [0.4, 0.5) is 22.0 Å². The Hall–Kier alpha value is -1.66. The fourth-order valence-corrected chi connectivity index (χ4v) is 1.16. The Morgan fingerprint density at radius 1 is 1.12 bits per heavy atom. The molecule has 0 aliphatic carbocycles. The number of hydrogen-bond acceptors (Lipinski definition) is 1. The number of benzene rings is 1. The lowest BCUT2D eigenvalue weighted by atomic mass is 10.2. The predicted octanol–water partition coefficient (Wildman–Crippen LogP) is 2.53. The van der Waals surface area contributed by atoms with Gasteiger partial charge in [-0.05, 0) is 17.7 Å². The largest absolute Gasteiger partial charge is 0.397 e. The van der Waals surface area contributed by atoms with Gasteiger partial charge in [-0.1, -0.05) is 0 Å². The summed E-state index contributed by atoms with van der Waals surface area (Å²) in [6.07, 6.45) is -6.22. The molecule has 0 fully saturated rings. The number of rotatable bonds is 3. The van der Waals surface area contributed by atoms with Gasteiger partial charge in [0, 0.05) is 12.6 Å². The van der Waals surface area contributed by atoms with Crippen molar-refractivity contribution in [3.8, 4) is 0 Å². The van der Waals surface area contributed by atoms with Gasteiger partial charge in [-0.15, -0.1) is 0 Å². The van der Waals surface area contributed by atoms with E-state index >= 15 is 0 Å². The molecule has 1 N–H and O–H groups in total. The standard InChI is InChI=1S/C10H8F5NO/c11-7-1-6(2-8(12)3-7)5-16-9(17)4-10(13,14)15/h1-3H,4-5H2,(H,16,17). The average molecular weight is 253 g/mol. The molecule has 0 aromatic heterocycles. The zero-order valence-electron chi connectivity index (χ0n) is 8.44. The molecule has 0 aliphatic rings. The number of halogens is 5. The summed E-state index contributed by atoms with van der Waals surface area (Å²) in [6.45, 7) is -0.358. The van der Waals surface area contributed by atoms with Gasteiger partial charge in [0.05, 0.1) is 0 Å². The van der Waals surface area contributed by atoms with Crippen molar-refractivity contribution in [2.45, 2.75) is 19.1 Å². The molecule has 1 aromatic carbocycles. The third-order valence-electron chi connectivity index (χ3n) is 1.77. The lowest BCUT2D eigenvalue weighted by molar-refractivity contribution is -0.153. The summed E-state index contributed by atoms with van der Waals surface area (Å²) in [5, 5.41) is 1.92. The zero-order valence-corrected chi connectivity index (χ0v) is 8.44. The van der Waals surface area contributed by atoms with Gasteiger partial charge in [0.2, 0.25) is 5.91 Å². The van der Waals surface area contributed by atoms with E-state index in [1.807, 2.05) is 5.32 Å². The van der Waals surface area contributed by atoms with Gasteiger partial charge in [0.15, 0.2) is 0 Å². The quantitative estimate of drug-likeness (QED) is 0.824. The normalized spacial score (nSPS) is 11.4. The molecule has 0 spiro atoms. The topological polar surface area (TPSA) is 29.1 Å². The summed E-state index contributed by atoms with van der Waals surface area (Å²) in [5.41, 5.74) is 0.0537. The maximum Gasteiger partial charge on any atom is 0.397 e. The van der Waals surface area contributed by atoms with E-state index < -0.39 is 30.1 Å². The third kappa shape index (κ3) is 5.28. The van der Waals surface area contributed by atoms with Crippen LogP contribution < -0.4 is 5.32 Å². The summed E-state index contributed by atoms with van der Waals surface area (Å²) in [4.78, 5) is 10.8. The SMILES string of the molecule is O=C(CC(F)(F)F)NCc1cc(F)cc(F)c1. The van der Waals surface area contributed by atoms with Crippen molar-refractivity contribution in [1.82, 2.24) is 5.32 Å². The fraction of sp³-hybridized carbons (Fsp3) is 0.300. The Balaban J connectivity index is 2.53. The van der Waals surface area contributed by atoms with Crippen molar-refractivity contribution in [2.75, 3.05) is 0 Å². The highest BCUT2D eigenvalue weighted by molar-refractivity contribution is 5.76. The number of amides is 1. The van der Waals surface area contributed by atoms with Crippen LogP contribution in [0.15, 0.2) is 18.2 Å². The second-order valence-electron chi connectivity index (χ2n) is 3.35.